The van der Waals surface area contributed by atoms with Crippen molar-refractivity contribution >= 4 is 23.4 Å². The Morgan fingerprint density at radius 2 is 2.28 bits per heavy atom. The van der Waals surface area contributed by atoms with E-state index in [0.29, 0.717) is 24.4 Å². The van der Waals surface area contributed by atoms with E-state index in [-0.39, 0.29) is 5.91 Å². The molecule has 0 aromatic heterocycles. The molecule has 0 heterocycles. The number of nitrogens with two attached hydrogens (primary N) is 1. The fraction of sp³-hybridized carbons (Fsp3) is 0.462. The van der Waals surface area contributed by atoms with Gasteiger partial charge in [0.05, 0.1) is 0 Å². The van der Waals surface area contributed by atoms with Crippen molar-refractivity contribution in [3.05, 3.63) is 23.8 Å². The Balaban J connectivity index is 2.55. The lowest BCUT2D eigenvalue weighted by molar-refractivity contribution is 0.0948. The third-order valence-electron chi connectivity index (χ3n) is 2.38. The van der Waals surface area contributed by atoms with E-state index < -0.39 is 0 Å². The summed E-state index contributed by atoms with van der Waals surface area (Å²) < 4.78 is 4.92. The van der Waals surface area contributed by atoms with Crippen molar-refractivity contribution < 1.29 is 9.53 Å². The van der Waals surface area contributed by atoms with E-state index in [1.165, 1.54) is 0 Å². The number of rotatable bonds is 7. The summed E-state index contributed by atoms with van der Waals surface area (Å²) in [6.45, 7) is 3.33. The van der Waals surface area contributed by atoms with Crippen molar-refractivity contribution in [2.75, 3.05) is 31.7 Å². The van der Waals surface area contributed by atoms with Crippen molar-refractivity contribution in [3.8, 4) is 0 Å². The average Bonchev–Trinajstić information content (AvgIpc) is 2.37. The van der Waals surface area contributed by atoms with Gasteiger partial charge in [0.2, 0.25) is 0 Å². The topological polar surface area (TPSA) is 64.3 Å². The number of anilines is 1. The quantitative estimate of drug-likeness (QED) is 0.452. The van der Waals surface area contributed by atoms with Gasteiger partial charge in [-0.25, -0.2) is 0 Å². The van der Waals surface area contributed by atoms with Crippen LogP contribution >= 0.6 is 11.8 Å². The zero-order valence-corrected chi connectivity index (χ0v) is 11.7. The summed E-state index contributed by atoms with van der Waals surface area (Å²) in [5, 5.41) is 2.83. The third kappa shape index (κ3) is 4.58. The molecule has 0 radical (unpaired) electrons. The fourth-order valence-electron chi connectivity index (χ4n) is 1.50. The Morgan fingerprint density at radius 3 is 2.89 bits per heavy atom. The first-order chi connectivity index (χ1) is 8.69. The molecule has 0 unspecified atom stereocenters. The lowest BCUT2D eigenvalue weighted by Crippen LogP contribution is -2.25. The maximum absolute atomic E-state index is 11.8. The highest BCUT2D eigenvalue weighted by atomic mass is 32.2. The molecule has 4 nitrogen and oxygen atoms in total. The van der Waals surface area contributed by atoms with E-state index in [2.05, 4.69) is 12.2 Å². The third-order valence-corrected chi connectivity index (χ3v) is 3.35. The van der Waals surface area contributed by atoms with E-state index in [1.54, 1.807) is 31.0 Å². The molecular weight excluding hydrogens is 248 g/mol. The van der Waals surface area contributed by atoms with Gasteiger partial charge in [0.25, 0.3) is 5.91 Å². The molecule has 0 spiro atoms. The van der Waals surface area contributed by atoms with Crippen LogP contribution in [0.4, 0.5) is 5.69 Å². The number of carbonyl (C=O) groups excluding carboxylic acids is 1. The first kappa shape index (κ1) is 14.9. The van der Waals surface area contributed by atoms with E-state index in [4.69, 9.17) is 10.5 Å². The van der Waals surface area contributed by atoms with Gasteiger partial charge in [-0.3, -0.25) is 4.79 Å². The molecule has 1 aromatic carbocycles. The molecule has 0 aliphatic heterocycles. The minimum absolute atomic E-state index is 0.0918. The second-order valence-electron chi connectivity index (χ2n) is 3.79. The molecule has 0 atom stereocenters. The molecule has 0 saturated carbocycles. The number of nitrogens with one attached hydrogen (secondary N) is 1. The maximum Gasteiger partial charge on any atom is 0.251 e. The maximum atomic E-state index is 11.8. The smallest absolute Gasteiger partial charge is 0.251 e. The molecule has 100 valence electrons. The summed E-state index contributed by atoms with van der Waals surface area (Å²) >= 11 is 1.67. The zero-order chi connectivity index (χ0) is 13.4. The molecule has 3 N–H and O–H groups in total. The summed E-state index contributed by atoms with van der Waals surface area (Å²) in [5.41, 5.74) is 7.16. The number of benzene rings is 1. The first-order valence-electron chi connectivity index (χ1n) is 5.98. The van der Waals surface area contributed by atoms with Gasteiger partial charge in [-0.1, -0.05) is 6.92 Å². The number of carbonyl (C=O) groups is 1. The Bertz CT molecular complexity index is 397. The summed E-state index contributed by atoms with van der Waals surface area (Å²) in [6, 6.07) is 5.43. The van der Waals surface area contributed by atoms with Gasteiger partial charge < -0.3 is 15.8 Å². The van der Waals surface area contributed by atoms with Gasteiger partial charge >= 0.3 is 0 Å². The first-order valence-corrected chi connectivity index (χ1v) is 6.97. The lowest BCUT2D eigenvalue weighted by atomic mass is 10.2. The second kappa shape index (κ2) is 8.00. The van der Waals surface area contributed by atoms with Gasteiger partial charge in [-0.05, 0) is 30.4 Å². The monoisotopic (exact) mass is 268 g/mol. The van der Waals surface area contributed by atoms with Crippen molar-refractivity contribution in [2.24, 2.45) is 0 Å². The van der Waals surface area contributed by atoms with Crippen molar-refractivity contribution in [1.29, 1.82) is 0 Å². The second-order valence-corrected chi connectivity index (χ2v) is 5.09. The van der Waals surface area contributed by atoms with Crippen LogP contribution in [0.25, 0.3) is 0 Å². The van der Waals surface area contributed by atoms with Crippen LogP contribution in [0.5, 0.6) is 0 Å². The number of amides is 1. The Hall–Kier alpha value is -1.20. The van der Waals surface area contributed by atoms with Crippen molar-refractivity contribution in [1.82, 2.24) is 5.32 Å². The minimum Gasteiger partial charge on any atom is -0.398 e. The van der Waals surface area contributed by atoms with Crippen LogP contribution in [0.1, 0.15) is 23.7 Å². The van der Waals surface area contributed by atoms with Crippen LogP contribution in [-0.4, -0.2) is 31.9 Å². The normalized spacial score (nSPS) is 10.3. The number of methoxy groups -OCH3 is 1. The molecule has 0 bridgehead atoms. The predicted octanol–water partition coefficient (Wildman–Crippen LogP) is 2.15. The van der Waals surface area contributed by atoms with Gasteiger partial charge in [-0.15, -0.1) is 11.8 Å². The highest BCUT2D eigenvalue weighted by Crippen LogP contribution is 2.25. The summed E-state index contributed by atoms with van der Waals surface area (Å²) in [4.78, 5) is 12.8. The fourth-order valence-corrected chi connectivity index (χ4v) is 2.20. The Morgan fingerprint density at radius 1 is 1.50 bits per heavy atom. The molecule has 18 heavy (non-hydrogen) atoms. The van der Waals surface area contributed by atoms with E-state index in [1.807, 2.05) is 6.07 Å². The Labute approximate surface area is 112 Å². The summed E-state index contributed by atoms with van der Waals surface area (Å²) in [7, 11) is 1.65. The number of ether oxygens (including phenoxy) is 1. The van der Waals surface area contributed by atoms with Crippen LogP contribution in [-0.2, 0) is 4.74 Å². The van der Waals surface area contributed by atoms with Crippen LogP contribution < -0.4 is 11.1 Å². The van der Waals surface area contributed by atoms with Gasteiger partial charge in [0, 0.05) is 36.4 Å². The Kier molecular flexibility index (Phi) is 6.60. The van der Waals surface area contributed by atoms with Crippen molar-refractivity contribution in [2.45, 2.75) is 18.2 Å². The number of thioether (sulfide) groups is 1. The molecule has 1 aromatic rings. The van der Waals surface area contributed by atoms with E-state index >= 15 is 0 Å². The van der Waals surface area contributed by atoms with Crippen molar-refractivity contribution in [3.63, 3.8) is 0 Å². The molecule has 0 aliphatic carbocycles. The molecule has 5 heteroatoms. The lowest BCUT2D eigenvalue weighted by Gasteiger charge is -2.08. The van der Waals surface area contributed by atoms with Gasteiger partial charge in [-0.2, -0.15) is 0 Å². The molecular formula is C13H20N2O2S. The SMILES string of the molecule is CCSc1ccc(C(=O)NCCCOC)cc1N. The largest absolute Gasteiger partial charge is 0.398 e. The standard InChI is InChI=1S/C13H20N2O2S/c1-3-18-12-6-5-10(9-11(12)14)13(16)15-7-4-8-17-2/h5-6,9H,3-4,7-8,14H2,1-2H3,(H,15,16). The highest BCUT2D eigenvalue weighted by molar-refractivity contribution is 7.99. The molecule has 0 saturated heterocycles. The van der Waals surface area contributed by atoms with Crippen LogP contribution in [0.2, 0.25) is 0 Å². The molecule has 1 rings (SSSR count). The highest BCUT2D eigenvalue weighted by Gasteiger charge is 2.07. The molecule has 0 aliphatic rings. The van der Waals surface area contributed by atoms with Crippen LogP contribution in [0.3, 0.4) is 0 Å². The summed E-state index contributed by atoms with van der Waals surface area (Å²) in [5.74, 6) is 0.873. The molecule has 0 fully saturated rings. The summed E-state index contributed by atoms with van der Waals surface area (Å²) in [6.07, 6.45) is 0.807. The van der Waals surface area contributed by atoms with Gasteiger partial charge in [0.1, 0.15) is 0 Å². The van der Waals surface area contributed by atoms with Gasteiger partial charge in [0.15, 0.2) is 0 Å². The predicted molar refractivity (Wildman–Crippen MR) is 76.1 cm³/mol. The van der Waals surface area contributed by atoms with Crippen LogP contribution in [0.15, 0.2) is 23.1 Å². The number of hydrogen-bond acceptors (Lipinski definition) is 4. The van der Waals surface area contributed by atoms with Crippen LogP contribution in [0, 0.1) is 0 Å². The average molecular weight is 268 g/mol. The zero-order valence-electron chi connectivity index (χ0n) is 10.9. The van der Waals surface area contributed by atoms with E-state index in [0.717, 1.165) is 17.1 Å². The molecule has 1 amide bonds. The number of hydrogen-bond donors (Lipinski definition) is 2. The number of nitrogen functional groups attached to an aromatic ring is 1. The van der Waals surface area contributed by atoms with E-state index in [9.17, 15) is 4.79 Å². The minimum atomic E-state index is -0.0918.